The molecule has 0 aromatic carbocycles. The molecule has 0 spiro atoms. The highest BCUT2D eigenvalue weighted by Crippen LogP contribution is 2.32. The molecular weight excluding hydrogens is 400 g/mol. The van der Waals surface area contributed by atoms with Gasteiger partial charge in [-0.05, 0) is 11.1 Å². The van der Waals surface area contributed by atoms with Crippen LogP contribution >= 0.6 is 31.9 Å². The van der Waals surface area contributed by atoms with Crippen molar-refractivity contribution in [2.24, 2.45) is 0 Å². The van der Waals surface area contributed by atoms with Crippen molar-refractivity contribution in [2.75, 3.05) is 6.61 Å². The number of aromatic amines is 1. The molecule has 0 aliphatic carbocycles. The number of aliphatic hydroxyl groups excluding tert-OH is 2. The number of nitrogens with one attached hydrogen (secondary N) is 1. The highest BCUT2D eigenvalue weighted by Gasteiger charge is 2.43. The van der Waals surface area contributed by atoms with Gasteiger partial charge in [-0.2, -0.15) is 0 Å². The summed E-state index contributed by atoms with van der Waals surface area (Å²) in [6, 6.07) is 0. The van der Waals surface area contributed by atoms with Crippen molar-refractivity contribution in [1.82, 2.24) is 9.55 Å². The van der Waals surface area contributed by atoms with Crippen molar-refractivity contribution in [2.45, 2.75) is 23.3 Å². The Kier molecular flexibility index (Phi) is 4.97. The van der Waals surface area contributed by atoms with Crippen LogP contribution in [0.3, 0.4) is 0 Å². The van der Waals surface area contributed by atoms with E-state index in [0.717, 1.165) is 4.57 Å². The first-order valence-electron chi connectivity index (χ1n) is 5.70. The number of nitrogens with zero attached hydrogens (tertiary/aromatic N) is 1. The molecule has 0 radical (unpaired) electrons. The normalized spacial score (nSPS) is 30.2. The van der Waals surface area contributed by atoms with Crippen LogP contribution in [0.1, 0.15) is 11.8 Å². The molecule has 4 atom stereocenters. The Morgan fingerprint density at radius 1 is 1.50 bits per heavy atom. The average Bonchev–Trinajstić information content (AvgIpc) is 2.70. The van der Waals surface area contributed by atoms with Crippen LogP contribution in [0.2, 0.25) is 0 Å². The lowest BCUT2D eigenvalue weighted by Gasteiger charge is -2.17. The molecule has 3 N–H and O–H groups in total. The van der Waals surface area contributed by atoms with Gasteiger partial charge < -0.3 is 14.9 Å². The predicted molar refractivity (Wildman–Crippen MR) is 79.0 cm³/mol. The number of aliphatic hydroxyl groups is 2. The summed E-state index contributed by atoms with van der Waals surface area (Å²) in [6.07, 6.45) is 0.112. The fraction of sp³-hybridized carbons (Fsp3) is 0.455. The third-order valence-electron chi connectivity index (χ3n) is 2.98. The van der Waals surface area contributed by atoms with Crippen molar-refractivity contribution in [3.8, 4) is 0 Å². The molecule has 1 aromatic heterocycles. The van der Waals surface area contributed by atoms with Crippen molar-refractivity contribution in [3.05, 3.63) is 37.6 Å². The number of H-pyrrole nitrogens is 1. The highest BCUT2D eigenvalue weighted by molar-refractivity contribution is 9.11. The van der Waals surface area contributed by atoms with Crippen LogP contribution in [0, 0.1) is 0 Å². The monoisotopic (exact) mass is 410 g/mol. The lowest BCUT2D eigenvalue weighted by atomic mass is 10.2. The smallest absolute Gasteiger partial charge is 0.330 e. The van der Waals surface area contributed by atoms with Crippen LogP contribution in [0.4, 0.5) is 0 Å². The van der Waals surface area contributed by atoms with Gasteiger partial charge in [0.05, 0.1) is 23.1 Å². The quantitative estimate of drug-likeness (QED) is 0.603. The summed E-state index contributed by atoms with van der Waals surface area (Å²) < 4.78 is 6.53. The Morgan fingerprint density at radius 2 is 2.20 bits per heavy atom. The molecular formula is C11H12Br2N2O5. The molecule has 0 bridgehead atoms. The van der Waals surface area contributed by atoms with E-state index >= 15 is 0 Å². The second-order valence-electron chi connectivity index (χ2n) is 4.23. The molecule has 0 amide bonds. The van der Waals surface area contributed by atoms with Crippen LogP contribution in [0.5, 0.6) is 0 Å². The van der Waals surface area contributed by atoms with Crippen molar-refractivity contribution in [1.29, 1.82) is 0 Å². The Hall–Kier alpha value is -0.740. The topological polar surface area (TPSA) is 105 Å². The zero-order chi connectivity index (χ0) is 14.9. The van der Waals surface area contributed by atoms with Crippen LogP contribution in [-0.4, -0.2) is 43.4 Å². The maximum absolute atomic E-state index is 11.8. The summed E-state index contributed by atoms with van der Waals surface area (Å²) in [6.45, 7) is -0.296. The Balaban J connectivity index is 2.46. The third-order valence-corrected chi connectivity index (χ3v) is 4.38. The Morgan fingerprint density at radius 3 is 2.75 bits per heavy atom. The largest absolute Gasteiger partial charge is 0.394 e. The maximum atomic E-state index is 11.8. The molecule has 20 heavy (non-hydrogen) atoms. The van der Waals surface area contributed by atoms with Gasteiger partial charge in [0.25, 0.3) is 5.56 Å². The average molecular weight is 412 g/mol. The fourth-order valence-electron chi connectivity index (χ4n) is 1.96. The Bertz CT molecular complexity index is 626. The molecule has 0 saturated carbocycles. The molecule has 2 heterocycles. The fourth-order valence-corrected chi connectivity index (χ4v) is 2.80. The van der Waals surface area contributed by atoms with E-state index in [1.807, 2.05) is 0 Å². The van der Waals surface area contributed by atoms with E-state index in [2.05, 4.69) is 36.8 Å². The van der Waals surface area contributed by atoms with Crippen LogP contribution in [-0.2, 0) is 4.74 Å². The first-order valence-corrected chi connectivity index (χ1v) is 7.53. The number of hydrogen-bond donors (Lipinski definition) is 3. The second kappa shape index (κ2) is 6.35. The van der Waals surface area contributed by atoms with Gasteiger partial charge in [0.2, 0.25) is 0 Å². The SMILES string of the molecule is O=c1[nH]c(=O)n([C@@H]2O[C@H](CO)[C@H](Br)[C@H]2O)cc1C=CBr. The molecule has 9 heteroatoms. The minimum atomic E-state index is -1.03. The summed E-state index contributed by atoms with van der Waals surface area (Å²) in [4.78, 5) is 26.5. The molecule has 1 aliphatic rings. The molecule has 1 aromatic rings. The molecule has 1 aliphatic heterocycles. The molecule has 2 rings (SSSR count). The van der Waals surface area contributed by atoms with Crippen LogP contribution < -0.4 is 11.2 Å². The van der Waals surface area contributed by atoms with E-state index in [9.17, 15) is 14.7 Å². The molecule has 1 fully saturated rings. The van der Waals surface area contributed by atoms with E-state index in [-0.39, 0.29) is 12.2 Å². The zero-order valence-corrected chi connectivity index (χ0v) is 13.2. The van der Waals surface area contributed by atoms with E-state index in [1.165, 1.54) is 17.3 Å². The lowest BCUT2D eigenvalue weighted by Crippen LogP contribution is -2.37. The van der Waals surface area contributed by atoms with E-state index in [4.69, 9.17) is 9.84 Å². The molecule has 7 nitrogen and oxygen atoms in total. The van der Waals surface area contributed by atoms with Gasteiger partial charge in [-0.15, -0.1) is 0 Å². The zero-order valence-electron chi connectivity index (χ0n) is 10.1. The molecule has 110 valence electrons. The molecule has 0 unspecified atom stereocenters. The summed E-state index contributed by atoms with van der Waals surface area (Å²) >= 11 is 6.26. The van der Waals surface area contributed by atoms with Crippen molar-refractivity contribution >= 4 is 37.9 Å². The van der Waals surface area contributed by atoms with Gasteiger partial charge in [-0.3, -0.25) is 14.3 Å². The second-order valence-corrected chi connectivity index (χ2v) is 5.81. The van der Waals surface area contributed by atoms with Gasteiger partial charge in [0.15, 0.2) is 6.23 Å². The first-order chi connectivity index (χ1) is 9.49. The highest BCUT2D eigenvalue weighted by atomic mass is 79.9. The van der Waals surface area contributed by atoms with Gasteiger partial charge >= 0.3 is 5.69 Å². The summed E-state index contributed by atoms with van der Waals surface area (Å²) in [5.41, 5.74) is -0.997. The Labute approximate surface area is 130 Å². The minimum absolute atomic E-state index is 0.232. The predicted octanol–water partition coefficient (Wildman–Crippen LogP) is -0.0837. The molecule has 1 saturated heterocycles. The van der Waals surface area contributed by atoms with Gasteiger partial charge in [0.1, 0.15) is 6.10 Å². The van der Waals surface area contributed by atoms with Crippen molar-refractivity contribution in [3.63, 3.8) is 0 Å². The summed E-state index contributed by atoms with van der Waals surface area (Å²) in [7, 11) is 0. The number of ether oxygens (including phenoxy) is 1. The number of alkyl halides is 1. The van der Waals surface area contributed by atoms with E-state index in [0.29, 0.717) is 0 Å². The lowest BCUT2D eigenvalue weighted by molar-refractivity contribution is -0.0530. The number of aromatic nitrogens is 2. The summed E-state index contributed by atoms with van der Waals surface area (Å²) in [5, 5.41) is 19.2. The number of halogens is 2. The third kappa shape index (κ3) is 2.82. The van der Waals surface area contributed by atoms with Gasteiger partial charge in [-0.25, -0.2) is 4.79 Å². The van der Waals surface area contributed by atoms with Crippen LogP contribution in [0.25, 0.3) is 6.08 Å². The number of hydrogen-bond acceptors (Lipinski definition) is 5. The van der Waals surface area contributed by atoms with E-state index in [1.54, 1.807) is 0 Å². The van der Waals surface area contributed by atoms with Gasteiger partial charge in [-0.1, -0.05) is 31.9 Å². The van der Waals surface area contributed by atoms with Crippen molar-refractivity contribution < 1.29 is 14.9 Å². The standard InChI is InChI=1S/C11H12Br2N2O5/c12-2-1-5-3-15(11(19)14-9(5)18)10-8(17)7(13)6(4-16)20-10/h1-3,6-8,10,16-17H,4H2,(H,14,18,19)/t6-,7+,8-,10-/m1/s1. The van der Waals surface area contributed by atoms with Gasteiger partial charge in [0, 0.05) is 6.20 Å². The minimum Gasteiger partial charge on any atom is -0.394 e. The number of rotatable bonds is 3. The first kappa shape index (κ1) is 15.6. The summed E-state index contributed by atoms with van der Waals surface area (Å²) in [5.74, 6) is 0. The maximum Gasteiger partial charge on any atom is 0.330 e. The van der Waals surface area contributed by atoms with E-state index < -0.39 is 34.5 Å². The van der Waals surface area contributed by atoms with Crippen LogP contribution in [0.15, 0.2) is 20.8 Å².